The van der Waals surface area contributed by atoms with Gasteiger partial charge in [0.05, 0.1) is 0 Å². The molecule has 2 atom stereocenters. The molecule has 0 unspecified atom stereocenters. The van der Waals surface area contributed by atoms with Gasteiger partial charge in [-0.25, -0.2) is 0 Å². The highest BCUT2D eigenvalue weighted by atomic mass is 15.2. The van der Waals surface area contributed by atoms with Gasteiger partial charge in [0.2, 0.25) is 0 Å². The molecule has 86 valence electrons. The van der Waals surface area contributed by atoms with Crippen molar-refractivity contribution in [2.75, 3.05) is 18.0 Å². The molecule has 2 nitrogen and oxygen atoms in total. The van der Waals surface area contributed by atoms with Crippen LogP contribution in [0.5, 0.6) is 0 Å². The van der Waals surface area contributed by atoms with Crippen molar-refractivity contribution in [1.82, 2.24) is 5.32 Å². The van der Waals surface area contributed by atoms with E-state index in [0.717, 1.165) is 25.2 Å². The molecule has 16 heavy (non-hydrogen) atoms. The molecule has 0 bridgehead atoms. The minimum atomic E-state index is 0.730. The number of aryl methyl sites for hydroxylation is 1. The molecule has 1 saturated carbocycles. The lowest BCUT2D eigenvalue weighted by Crippen LogP contribution is -2.55. The van der Waals surface area contributed by atoms with Crippen molar-refractivity contribution in [1.29, 1.82) is 0 Å². The third-order valence-corrected chi connectivity index (χ3v) is 4.06. The van der Waals surface area contributed by atoms with Gasteiger partial charge in [0.1, 0.15) is 0 Å². The maximum atomic E-state index is 3.66. The maximum Gasteiger partial charge on any atom is 0.0443 e. The highest BCUT2D eigenvalue weighted by molar-refractivity contribution is 5.54. The topological polar surface area (TPSA) is 15.3 Å². The molecule has 2 heteroatoms. The van der Waals surface area contributed by atoms with Crippen molar-refractivity contribution >= 4 is 5.69 Å². The number of nitrogens with one attached hydrogen (secondary N) is 1. The molecular formula is C14H20N2. The zero-order chi connectivity index (χ0) is 11.0. The second kappa shape index (κ2) is 4.10. The average molecular weight is 216 g/mol. The summed E-state index contributed by atoms with van der Waals surface area (Å²) in [6.45, 7) is 4.52. The number of piperazine rings is 1. The molecule has 1 aliphatic carbocycles. The van der Waals surface area contributed by atoms with Gasteiger partial charge in [0.15, 0.2) is 0 Å². The Morgan fingerprint density at radius 1 is 1.25 bits per heavy atom. The Labute approximate surface area is 97.6 Å². The summed E-state index contributed by atoms with van der Waals surface area (Å²) in [6.07, 6.45) is 4.09. The minimum absolute atomic E-state index is 0.730. The van der Waals surface area contributed by atoms with E-state index >= 15 is 0 Å². The molecule has 0 spiro atoms. The van der Waals surface area contributed by atoms with Crippen LogP contribution in [0.25, 0.3) is 0 Å². The standard InChI is InChI=1S/C14H20N2/c1-11-5-2-3-7-13(11)16-10-9-15-12-6-4-8-14(12)16/h2-3,5,7,12,14-15H,4,6,8-10H2,1H3/t12-,14+/m1/s1. The lowest BCUT2D eigenvalue weighted by Gasteiger charge is -2.40. The van der Waals surface area contributed by atoms with Gasteiger partial charge in [-0.15, -0.1) is 0 Å². The molecular weight excluding hydrogens is 196 g/mol. The van der Waals surface area contributed by atoms with Crippen LogP contribution in [0, 0.1) is 6.92 Å². The number of fused-ring (bicyclic) bond motifs is 1. The number of hydrogen-bond donors (Lipinski definition) is 1. The number of nitrogens with zero attached hydrogens (tertiary/aromatic N) is 1. The molecule has 1 aliphatic heterocycles. The predicted molar refractivity (Wildman–Crippen MR) is 68.0 cm³/mol. The van der Waals surface area contributed by atoms with Crippen LogP contribution in [0.2, 0.25) is 0 Å². The predicted octanol–water partition coefficient (Wildman–Crippen LogP) is 2.33. The number of anilines is 1. The van der Waals surface area contributed by atoms with E-state index in [0.29, 0.717) is 0 Å². The highest BCUT2D eigenvalue weighted by Gasteiger charge is 2.35. The summed E-state index contributed by atoms with van der Waals surface area (Å²) in [4.78, 5) is 2.63. The first-order valence-electron chi connectivity index (χ1n) is 6.42. The van der Waals surface area contributed by atoms with Gasteiger partial charge < -0.3 is 10.2 Å². The zero-order valence-corrected chi connectivity index (χ0v) is 9.95. The van der Waals surface area contributed by atoms with Crippen LogP contribution in [-0.2, 0) is 0 Å². The van der Waals surface area contributed by atoms with Gasteiger partial charge in [-0.2, -0.15) is 0 Å². The molecule has 0 amide bonds. The Morgan fingerprint density at radius 2 is 2.12 bits per heavy atom. The molecule has 1 aromatic rings. The van der Waals surface area contributed by atoms with Crippen LogP contribution in [0.4, 0.5) is 5.69 Å². The largest absolute Gasteiger partial charge is 0.365 e. The fourth-order valence-electron chi connectivity index (χ4n) is 3.27. The lowest BCUT2D eigenvalue weighted by molar-refractivity contribution is 0.403. The summed E-state index contributed by atoms with van der Waals surface area (Å²) < 4.78 is 0. The second-order valence-electron chi connectivity index (χ2n) is 5.04. The van der Waals surface area contributed by atoms with Gasteiger partial charge in [-0.1, -0.05) is 18.2 Å². The smallest absolute Gasteiger partial charge is 0.0443 e. The second-order valence-corrected chi connectivity index (χ2v) is 5.04. The first-order chi connectivity index (χ1) is 7.86. The summed E-state index contributed by atoms with van der Waals surface area (Å²) in [5.74, 6) is 0. The van der Waals surface area contributed by atoms with Gasteiger partial charge in [0.25, 0.3) is 0 Å². The Morgan fingerprint density at radius 3 is 3.00 bits per heavy atom. The van der Waals surface area contributed by atoms with E-state index in [1.54, 1.807) is 0 Å². The summed E-state index contributed by atoms with van der Waals surface area (Å²) in [7, 11) is 0. The number of hydrogen-bond acceptors (Lipinski definition) is 2. The molecule has 1 saturated heterocycles. The van der Waals surface area contributed by atoms with E-state index < -0.39 is 0 Å². The SMILES string of the molecule is Cc1ccccc1N1CCN[C@@H]2CCC[C@@H]21. The first kappa shape index (κ1) is 10.2. The van der Waals surface area contributed by atoms with Crippen LogP contribution in [0.15, 0.2) is 24.3 Å². The number of rotatable bonds is 1. The highest BCUT2D eigenvalue weighted by Crippen LogP contribution is 2.31. The van der Waals surface area contributed by atoms with Crippen molar-refractivity contribution in [3.63, 3.8) is 0 Å². The summed E-state index contributed by atoms with van der Waals surface area (Å²) in [5.41, 5.74) is 2.86. The Balaban J connectivity index is 1.91. The molecule has 0 radical (unpaired) electrons. The van der Waals surface area contributed by atoms with Gasteiger partial charge in [-0.3, -0.25) is 0 Å². The molecule has 3 rings (SSSR count). The van der Waals surface area contributed by atoms with Crippen molar-refractivity contribution in [2.24, 2.45) is 0 Å². The van der Waals surface area contributed by atoms with Crippen LogP contribution < -0.4 is 10.2 Å². The maximum absolute atomic E-state index is 3.66. The van der Waals surface area contributed by atoms with E-state index in [4.69, 9.17) is 0 Å². The molecule has 1 aromatic carbocycles. The normalized spacial score (nSPS) is 29.2. The summed E-state index contributed by atoms with van der Waals surface area (Å²) >= 11 is 0. The van der Waals surface area contributed by atoms with Crippen LogP contribution in [0.1, 0.15) is 24.8 Å². The fourth-order valence-corrected chi connectivity index (χ4v) is 3.27. The van der Waals surface area contributed by atoms with Crippen molar-refractivity contribution in [2.45, 2.75) is 38.3 Å². The molecule has 1 N–H and O–H groups in total. The number of para-hydroxylation sites is 1. The van der Waals surface area contributed by atoms with E-state index in [-0.39, 0.29) is 0 Å². The van der Waals surface area contributed by atoms with E-state index in [1.807, 2.05) is 0 Å². The molecule has 2 aliphatic rings. The fraction of sp³-hybridized carbons (Fsp3) is 0.571. The minimum Gasteiger partial charge on any atom is -0.365 e. The Bertz CT molecular complexity index is 375. The summed E-state index contributed by atoms with van der Waals surface area (Å²) in [6, 6.07) is 10.3. The van der Waals surface area contributed by atoms with E-state index in [2.05, 4.69) is 41.4 Å². The quantitative estimate of drug-likeness (QED) is 0.775. The summed E-state index contributed by atoms with van der Waals surface area (Å²) in [5, 5.41) is 3.66. The van der Waals surface area contributed by atoms with Crippen LogP contribution in [0.3, 0.4) is 0 Å². The zero-order valence-electron chi connectivity index (χ0n) is 9.95. The number of benzene rings is 1. The van der Waals surface area contributed by atoms with Gasteiger partial charge in [0, 0.05) is 30.9 Å². The average Bonchev–Trinajstić information content (AvgIpc) is 2.77. The Kier molecular flexibility index (Phi) is 2.60. The Hall–Kier alpha value is -1.02. The monoisotopic (exact) mass is 216 g/mol. The van der Waals surface area contributed by atoms with Gasteiger partial charge >= 0.3 is 0 Å². The van der Waals surface area contributed by atoms with Crippen molar-refractivity contribution < 1.29 is 0 Å². The third kappa shape index (κ3) is 1.61. The molecule has 0 aromatic heterocycles. The van der Waals surface area contributed by atoms with E-state index in [1.165, 1.54) is 30.5 Å². The van der Waals surface area contributed by atoms with Crippen LogP contribution in [-0.4, -0.2) is 25.2 Å². The van der Waals surface area contributed by atoms with Crippen molar-refractivity contribution in [3.8, 4) is 0 Å². The van der Waals surface area contributed by atoms with E-state index in [9.17, 15) is 0 Å². The van der Waals surface area contributed by atoms with Crippen LogP contribution >= 0.6 is 0 Å². The molecule has 1 heterocycles. The van der Waals surface area contributed by atoms with Crippen molar-refractivity contribution in [3.05, 3.63) is 29.8 Å². The van der Waals surface area contributed by atoms with Gasteiger partial charge in [-0.05, 0) is 37.8 Å². The third-order valence-electron chi connectivity index (χ3n) is 4.06. The molecule has 2 fully saturated rings. The first-order valence-corrected chi connectivity index (χ1v) is 6.42. The lowest BCUT2D eigenvalue weighted by atomic mass is 10.0.